The Morgan fingerprint density at radius 3 is 2.59 bits per heavy atom. The molecule has 0 saturated carbocycles. The van der Waals surface area contributed by atoms with E-state index < -0.39 is 21.7 Å². The summed E-state index contributed by atoms with van der Waals surface area (Å²) in [6.45, 7) is 2.04. The minimum Gasteiger partial charge on any atom is -0.480 e. The maximum absolute atomic E-state index is 11.7. The van der Waals surface area contributed by atoms with Crippen LogP contribution < -0.4 is 0 Å². The van der Waals surface area contributed by atoms with Gasteiger partial charge in [0.05, 0.1) is 4.34 Å². The van der Waals surface area contributed by atoms with Crippen molar-refractivity contribution in [3.8, 4) is 0 Å². The van der Waals surface area contributed by atoms with Crippen LogP contribution in [0.2, 0.25) is 4.34 Å². The molecule has 0 fully saturated rings. The second-order valence-corrected chi connectivity index (χ2v) is 7.05. The van der Waals surface area contributed by atoms with Crippen LogP contribution in [0.5, 0.6) is 0 Å². The number of hydrogen-bond acceptors (Lipinski definition) is 4. The van der Waals surface area contributed by atoms with Crippen LogP contribution in [0, 0.1) is 0 Å². The van der Waals surface area contributed by atoms with E-state index in [9.17, 15) is 13.2 Å². The fourth-order valence-electron chi connectivity index (χ4n) is 1.26. The monoisotopic (exact) mass is 297 g/mol. The Hall–Kier alpha value is -0.630. The molecule has 5 nitrogen and oxygen atoms in total. The molecule has 1 heterocycles. The van der Waals surface area contributed by atoms with Crippen molar-refractivity contribution in [2.75, 3.05) is 12.3 Å². The SMILES string of the molecule is CCN(Cc1ccc(Cl)s1)S(=O)(=O)CC(=O)O. The third-order valence-electron chi connectivity index (χ3n) is 2.01. The molecule has 1 aromatic heterocycles. The van der Waals surface area contributed by atoms with E-state index in [1.54, 1.807) is 19.1 Å². The Bertz CT molecular complexity index is 497. The first-order chi connectivity index (χ1) is 7.85. The number of thiophene rings is 1. The summed E-state index contributed by atoms with van der Waals surface area (Å²) in [6.07, 6.45) is 0. The quantitative estimate of drug-likeness (QED) is 0.866. The second-order valence-electron chi connectivity index (χ2n) is 3.28. The largest absolute Gasteiger partial charge is 0.480 e. The smallest absolute Gasteiger partial charge is 0.320 e. The van der Waals surface area contributed by atoms with Gasteiger partial charge >= 0.3 is 5.97 Å². The van der Waals surface area contributed by atoms with E-state index in [0.717, 1.165) is 9.18 Å². The molecule has 96 valence electrons. The summed E-state index contributed by atoms with van der Waals surface area (Å²) in [7, 11) is -3.76. The van der Waals surface area contributed by atoms with Crippen LogP contribution in [0.4, 0.5) is 0 Å². The lowest BCUT2D eigenvalue weighted by atomic mass is 10.4. The van der Waals surface area contributed by atoms with E-state index in [4.69, 9.17) is 16.7 Å². The lowest BCUT2D eigenvalue weighted by molar-refractivity contribution is -0.134. The zero-order valence-corrected chi connectivity index (χ0v) is 11.5. The molecule has 0 atom stereocenters. The van der Waals surface area contributed by atoms with Gasteiger partial charge in [-0.2, -0.15) is 4.31 Å². The predicted octanol–water partition coefficient (Wildman–Crippen LogP) is 1.64. The lowest BCUT2D eigenvalue weighted by Crippen LogP contribution is -2.34. The number of aliphatic carboxylic acids is 1. The van der Waals surface area contributed by atoms with Gasteiger partial charge in [-0.1, -0.05) is 18.5 Å². The summed E-state index contributed by atoms with van der Waals surface area (Å²) in [5.41, 5.74) is 0. The molecule has 0 spiro atoms. The average molecular weight is 298 g/mol. The first-order valence-electron chi connectivity index (χ1n) is 4.79. The minimum absolute atomic E-state index is 0.156. The molecule has 0 bridgehead atoms. The Morgan fingerprint density at radius 1 is 1.53 bits per heavy atom. The zero-order chi connectivity index (χ0) is 13.1. The van der Waals surface area contributed by atoms with Crippen molar-refractivity contribution in [3.63, 3.8) is 0 Å². The Labute approximate surface area is 109 Å². The van der Waals surface area contributed by atoms with E-state index in [2.05, 4.69) is 0 Å². The van der Waals surface area contributed by atoms with Crippen molar-refractivity contribution in [1.29, 1.82) is 0 Å². The van der Waals surface area contributed by atoms with Gasteiger partial charge in [-0.3, -0.25) is 4.79 Å². The summed E-state index contributed by atoms with van der Waals surface area (Å²) in [6, 6.07) is 3.41. The molecule has 0 saturated heterocycles. The highest BCUT2D eigenvalue weighted by Crippen LogP contribution is 2.23. The molecular weight excluding hydrogens is 286 g/mol. The fourth-order valence-corrected chi connectivity index (χ4v) is 3.67. The molecule has 1 aromatic rings. The number of rotatable bonds is 6. The summed E-state index contributed by atoms with van der Waals surface area (Å²) in [5, 5.41) is 8.54. The standard InChI is InChI=1S/C9H12ClNO4S2/c1-2-11(17(14,15)6-9(12)13)5-7-3-4-8(10)16-7/h3-4H,2,5-6H2,1H3,(H,12,13). The van der Waals surface area contributed by atoms with Crippen molar-refractivity contribution in [1.82, 2.24) is 4.31 Å². The van der Waals surface area contributed by atoms with Gasteiger partial charge in [-0.05, 0) is 12.1 Å². The highest BCUT2D eigenvalue weighted by Gasteiger charge is 2.24. The molecule has 1 N–H and O–H groups in total. The van der Waals surface area contributed by atoms with Crippen LogP contribution in [-0.2, 0) is 21.4 Å². The maximum Gasteiger partial charge on any atom is 0.320 e. The summed E-state index contributed by atoms with van der Waals surface area (Å²) < 4.78 is 25.1. The van der Waals surface area contributed by atoms with Crippen molar-refractivity contribution >= 4 is 38.9 Å². The van der Waals surface area contributed by atoms with E-state index in [1.807, 2.05) is 0 Å². The normalized spacial score (nSPS) is 11.9. The second kappa shape index (κ2) is 5.81. The molecule has 8 heteroatoms. The van der Waals surface area contributed by atoms with Crippen molar-refractivity contribution in [2.24, 2.45) is 0 Å². The molecule has 0 aromatic carbocycles. The van der Waals surface area contributed by atoms with Gasteiger partial charge in [0.1, 0.15) is 0 Å². The van der Waals surface area contributed by atoms with Gasteiger partial charge in [-0.15, -0.1) is 11.3 Å². The third-order valence-corrected chi connectivity index (χ3v) is 5.01. The number of carbonyl (C=O) groups is 1. The molecule has 1 rings (SSSR count). The molecule has 0 amide bonds. The van der Waals surface area contributed by atoms with Gasteiger partial charge in [0.2, 0.25) is 10.0 Å². The molecular formula is C9H12ClNO4S2. The number of halogens is 1. The highest BCUT2D eigenvalue weighted by atomic mass is 35.5. The van der Waals surface area contributed by atoms with Gasteiger partial charge in [0, 0.05) is 18.0 Å². The van der Waals surface area contributed by atoms with Crippen LogP contribution in [0.25, 0.3) is 0 Å². The Morgan fingerprint density at radius 2 is 2.18 bits per heavy atom. The Kier molecular flexibility index (Phi) is 4.93. The first-order valence-corrected chi connectivity index (χ1v) is 7.59. The summed E-state index contributed by atoms with van der Waals surface area (Å²) >= 11 is 7.02. The number of sulfonamides is 1. The van der Waals surface area contributed by atoms with Crippen molar-refractivity contribution < 1.29 is 18.3 Å². The van der Waals surface area contributed by atoms with E-state index in [1.165, 1.54) is 11.3 Å². The zero-order valence-electron chi connectivity index (χ0n) is 9.09. The molecule has 0 aliphatic carbocycles. The van der Waals surface area contributed by atoms with E-state index in [-0.39, 0.29) is 13.1 Å². The number of nitrogens with zero attached hydrogens (tertiary/aromatic N) is 1. The Balaban J connectivity index is 2.81. The van der Waals surface area contributed by atoms with Crippen LogP contribution in [0.1, 0.15) is 11.8 Å². The number of carboxylic acids is 1. The predicted molar refractivity (Wildman–Crippen MR) is 66.8 cm³/mol. The lowest BCUT2D eigenvalue weighted by Gasteiger charge is -2.18. The van der Waals surface area contributed by atoms with Crippen molar-refractivity contribution in [2.45, 2.75) is 13.5 Å². The van der Waals surface area contributed by atoms with E-state index in [0.29, 0.717) is 4.34 Å². The first kappa shape index (κ1) is 14.4. The summed E-state index contributed by atoms with van der Waals surface area (Å²) in [4.78, 5) is 11.3. The van der Waals surface area contributed by atoms with E-state index >= 15 is 0 Å². The average Bonchev–Trinajstić information content (AvgIpc) is 2.58. The van der Waals surface area contributed by atoms with Crippen LogP contribution in [-0.4, -0.2) is 36.1 Å². The summed E-state index contributed by atoms with van der Waals surface area (Å²) in [5.74, 6) is -2.24. The topological polar surface area (TPSA) is 74.7 Å². The van der Waals surface area contributed by atoms with Crippen molar-refractivity contribution in [3.05, 3.63) is 21.3 Å². The van der Waals surface area contributed by atoms with Gasteiger partial charge in [0.25, 0.3) is 0 Å². The molecule has 17 heavy (non-hydrogen) atoms. The number of carboxylic acid groups (broad SMARTS) is 1. The van der Waals surface area contributed by atoms with Gasteiger partial charge in [0.15, 0.2) is 5.75 Å². The molecule has 0 aliphatic rings. The number of hydrogen-bond donors (Lipinski definition) is 1. The van der Waals surface area contributed by atoms with Gasteiger partial charge in [-0.25, -0.2) is 8.42 Å². The van der Waals surface area contributed by atoms with Crippen LogP contribution in [0.15, 0.2) is 12.1 Å². The van der Waals surface area contributed by atoms with Gasteiger partial charge < -0.3 is 5.11 Å². The third kappa shape index (κ3) is 4.27. The minimum atomic E-state index is -3.76. The molecule has 0 radical (unpaired) electrons. The molecule has 0 aliphatic heterocycles. The van der Waals surface area contributed by atoms with Crippen LogP contribution >= 0.6 is 22.9 Å². The van der Waals surface area contributed by atoms with Crippen LogP contribution in [0.3, 0.4) is 0 Å². The molecule has 0 unspecified atom stereocenters. The fraction of sp³-hybridized carbons (Fsp3) is 0.444. The maximum atomic E-state index is 11.7. The highest BCUT2D eigenvalue weighted by molar-refractivity contribution is 7.89.